The molecule has 0 atom stereocenters. The molecule has 2 aromatic rings. The molecule has 6 nitrogen and oxygen atoms in total. The van der Waals surface area contributed by atoms with E-state index in [1.54, 1.807) is 24.3 Å². The molecule has 6 heteroatoms. The first-order chi connectivity index (χ1) is 9.52. The minimum absolute atomic E-state index is 0.0345. The number of carboxylic acids is 1. The standard InChI is InChI=1S/C14H12N2O4/c1-20-13-11(14(18)19)6-10(7-16-13)8-3-2-4-9(5-8)12(15)17/h2-7H,1H3,(H2,15,17)(H,18,19). The van der Waals surface area contributed by atoms with Crippen molar-refractivity contribution in [1.29, 1.82) is 0 Å². The van der Waals surface area contributed by atoms with E-state index in [1.165, 1.54) is 19.4 Å². The predicted molar refractivity (Wildman–Crippen MR) is 71.7 cm³/mol. The van der Waals surface area contributed by atoms with Crippen LogP contribution in [0.2, 0.25) is 0 Å². The molecule has 0 radical (unpaired) electrons. The molecule has 0 saturated heterocycles. The van der Waals surface area contributed by atoms with Crippen molar-refractivity contribution in [2.24, 2.45) is 5.73 Å². The summed E-state index contributed by atoms with van der Waals surface area (Å²) in [4.78, 5) is 26.2. The van der Waals surface area contributed by atoms with Crippen LogP contribution in [0, 0.1) is 0 Å². The zero-order valence-corrected chi connectivity index (χ0v) is 10.7. The van der Waals surface area contributed by atoms with Gasteiger partial charge < -0.3 is 15.6 Å². The van der Waals surface area contributed by atoms with Crippen LogP contribution in [0.3, 0.4) is 0 Å². The summed E-state index contributed by atoms with van der Waals surface area (Å²) in [5.74, 6) is -1.65. The highest BCUT2D eigenvalue weighted by atomic mass is 16.5. The minimum Gasteiger partial charge on any atom is -0.480 e. The third-order valence-electron chi connectivity index (χ3n) is 2.76. The number of pyridine rings is 1. The lowest BCUT2D eigenvalue weighted by Crippen LogP contribution is -2.10. The number of carboxylic acid groups (broad SMARTS) is 1. The Bertz CT molecular complexity index is 683. The maximum Gasteiger partial charge on any atom is 0.341 e. The molecule has 0 aliphatic rings. The summed E-state index contributed by atoms with van der Waals surface area (Å²) >= 11 is 0. The molecule has 1 heterocycles. The Balaban J connectivity index is 2.53. The second-order valence-corrected chi connectivity index (χ2v) is 4.03. The summed E-state index contributed by atoms with van der Waals surface area (Å²) in [7, 11) is 1.35. The number of carbonyl (C=O) groups excluding carboxylic acids is 1. The first-order valence-electron chi connectivity index (χ1n) is 5.70. The van der Waals surface area contributed by atoms with Crippen molar-refractivity contribution in [2.45, 2.75) is 0 Å². The summed E-state index contributed by atoms with van der Waals surface area (Å²) in [6.45, 7) is 0. The quantitative estimate of drug-likeness (QED) is 0.879. The second kappa shape index (κ2) is 5.40. The average Bonchev–Trinajstić information content (AvgIpc) is 2.46. The zero-order chi connectivity index (χ0) is 14.7. The molecule has 0 bridgehead atoms. The van der Waals surface area contributed by atoms with Crippen molar-refractivity contribution < 1.29 is 19.4 Å². The van der Waals surface area contributed by atoms with Gasteiger partial charge in [0.2, 0.25) is 11.8 Å². The number of ether oxygens (including phenoxy) is 1. The van der Waals surface area contributed by atoms with Gasteiger partial charge >= 0.3 is 5.97 Å². The number of nitrogens with zero attached hydrogens (tertiary/aromatic N) is 1. The number of aromatic carboxylic acids is 1. The van der Waals surface area contributed by atoms with Crippen molar-refractivity contribution >= 4 is 11.9 Å². The summed E-state index contributed by atoms with van der Waals surface area (Å²) in [5.41, 5.74) is 6.73. The van der Waals surface area contributed by atoms with E-state index in [0.29, 0.717) is 16.7 Å². The zero-order valence-electron chi connectivity index (χ0n) is 10.7. The number of aromatic nitrogens is 1. The normalized spacial score (nSPS) is 10.1. The number of carbonyl (C=O) groups is 2. The Morgan fingerprint density at radius 2 is 2.00 bits per heavy atom. The number of nitrogens with two attached hydrogens (primary N) is 1. The van der Waals surface area contributed by atoms with E-state index >= 15 is 0 Å². The maximum absolute atomic E-state index is 11.2. The Morgan fingerprint density at radius 3 is 2.60 bits per heavy atom. The third kappa shape index (κ3) is 2.59. The Kier molecular flexibility index (Phi) is 3.65. The third-order valence-corrected chi connectivity index (χ3v) is 2.76. The highest BCUT2D eigenvalue weighted by molar-refractivity contribution is 5.95. The topological polar surface area (TPSA) is 103 Å². The molecule has 1 aromatic carbocycles. The molecule has 0 spiro atoms. The molecule has 0 aliphatic carbocycles. The second-order valence-electron chi connectivity index (χ2n) is 4.03. The van der Waals surface area contributed by atoms with Crippen molar-refractivity contribution in [3.05, 3.63) is 47.7 Å². The van der Waals surface area contributed by atoms with E-state index in [-0.39, 0.29) is 11.4 Å². The van der Waals surface area contributed by atoms with Crippen LogP contribution in [0.25, 0.3) is 11.1 Å². The van der Waals surface area contributed by atoms with E-state index in [4.69, 9.17) is 15.6 Å². The van der Waals surface area contributed by atoms with Gasteiger partial charge in [0.25, 0.3) is 0 Å². The van der Waals surface area contributed by atoms with Crippen LogP contribution in [0.5, 0.6) is 5.88 Å². The Morgan fingerprint density at radius 1 is 1.25 bits per heavy atom. The fourth-order valence-corrected chi connectivity index (χ4v) is 1.78. The Hall–Kier alpha value is -2.89. The molecule has 102 valence electrons. The van der Waals surface area contributed by atoms with E-state index in [9.17, 15) is 9.59 Å². The van der Waals surface area contributed by atoms with Crippen molar-refractivity contribution in [2.75, 3.05) is 7.11 Å². The number of amides is 1. The number of hydrogen-bond acceptors (Lipinski definition) is 4. The predicted octanol–water partition coefficient (Wildman–Crippen LogP) is 1.55. The lowest BCUT2D eigenvalue weighted by molar-refractivity contribution is 0.0692. The SMILES string of the molecule is COc1ncc(-c2cccc(C(N)=O)c2)cc1C(=O)O. The highest BCUT2D eigenvalue weighted by Gasteiger charge is 2.14. The molecular weight excluding hydrogens is 260 g/mol. The van der Waals surface area contributed by atoms with Gasteiger partial charge in [0.05, 0.1) is 7.11 Å². The van der Waals surface area contributed by atoms with Crippen molar-refractivity contribution in [1.82, 2.24) is 4.98 Å². The molecule has 1 amide bonds. The van der Waals surface area contributed by atoms with Crippen LogP contribution in [0.15, 0.2) is 36.5 Å². The first kappa shape index (κ1) is 13.5. The Labute approximate surface area is 114 Å². The van der Waals surface area contributed by atoms with E-state index in [1.807, 2.05) is 0 Å². The lowest BCUT2D eigenvalue weighted by Gasteiger charge is -2.07. The van der Waals surface area contributed by atoms with E-state index < -0.39 is 11.9 Å². The highest BCUT2D eigenvalue weighted by Crippen LogP contribution is 2.25. The summed E-state index contributed by atoms with van der Waals surface area (Å²) in [6, 6.07) is 8.01. The van der Waals surface area contributed by atoms with Crippen LogP contribution < -0.4 is 10.5 Å². The number of primary amides is 1. The fraction of sp³-hybridized carbons (Fsp3) is 0.0714. The smallest absolute Gasteiger partial charge is 0.341 e. The molecule has 0 saturated carbocycles. The van der Waals surface area contributed by atoms with Crippen LogP contribution in [0.4, 0.5) is 0 Å². The lowest BCUT2D eigenvalue weighted by atomic mass is 10.0. The van der Waals surface area contributed by atoms with Gasteiger partial charge in [0.15, 0.2) is 0 Å². The van der Waals surface area contributed by atoms with Gasteiger partial charge in [0, 0.05) is 17.3 Å². The molecule has 20 heavy (non-hydrogen) atoms. The van der Waals surface area contributed by atoms with Gasteiger partial charge in [-0.3, -0.25) is 4.79 Å². The molecule has 0 aliphatic heterocycles. The number of hydrogen-bond donors (Lipinski definition) is 2. The molecule has 1 aromatic heterocycles. The number of benzene rings is 1. The van der Waals surface area contributed by atoms with Gasteiger partial charge in [-0.2, -0.15) is 0 Å². The van der Waals surface area contributed by atoms with Gasteiger partial charge in [-0.1, -0.05) is 12.1 Å². The molecule has 0 unspecified atom stereocenters. The molecular formula is C14H12N2O4. The van der Waals surface area contributed by atoms with E-state index in [2.05, 4.69) is 4.98 Å². The fourth-order valence-electron chi connectivity index (χ4n) is 1.78. The molecule has 3 N–H and O–H groups in total. The van der Waals surface area contributed by atoms with Crippen molar-refractivity contribution in [3.8, 4) is 17.0 Å². The minimum atomic E-state index is -1.14. The van der Waals surface area contributed by atoms with E-state index in [0.717, 1.165) is 0 Å². The molecule has 2 rings (SSSR count). The summed E-state index contributed by atoms with van der Waals surface area (Å²) < 4.78 is 4.89. The average molecular weight is 272 g/mol. The van der Waals surface area contributed by atoms with Crippen molar-refractivity contribution in [3.63, 3.8) is 0 Å². The van der Waals surface area contributed by atoms with Crippen LogP contribution in [0.1, 0.15) is 20.7 Å². The van der Waals surface area contributed by atoms with Crippen LogP contribution in [-0.4, -0.2) is 29.1 Å². The van der Waals surface area contributed by atoms with Gasteiger partial charge in [-0.25, -0.2) is 9.78 Å². The number of rotatable bonds is 4. The summed E-state index contributed by atoms with van der Waals surface area (Å²) in [5, 5.41) is 9.12. The first-order valence-corrected chi connectivity index (χ1v) is 5.70. The summed E-state index contributed by atoms with van der Waals surface area (Å²) in [6.07, 6.45) is 1.48. The monoisotopic (exact) mass is 272 g/mol. The van der Waals surface area contributed by atoms with Gasteiger partial charge in [0.1, 0.15) is 5.56 Å². The number of methoxy groups -OCH3 is 1. The van der Waals surface area contributed by atoms with Gasteiger partial charge in [-0.05, 0) is 23.8 Å². The van der Waals surface area contributed by atoms with Crippen LogP contribution >= 0.6 is 0 Å². The molecule has 0 fully saturated rings. The largest absolute Gasteiger partial charge is 0.480 e. The van der Waals surface area contributed by atoms with Gasteiger partial charge in [-0.15, -0.1) is 0 Å². The maximum atomic E-state index is 11.2. The van der Waals surface area contributed by atoms with Crippen LogP contribution in [-0.2, 0) is 0 Å².